The first-order valence-corrected chi connectivity index (χ1v) is 6.27. The van der Waals surface area contributed by atoms with Crippen LogP contribution in [0.2, 0.25) is 0 Å². The summed E-state index contributed by atoms with van der Waals surface area (Å²) in [5, 5.41) is 9.38. The highest BCUT2D eigenvalue weighted by molar-refractivity contribution is 5.20. The van der Waals surface area contributed by atoms with Crippen LogP contribution in [0, 0.1) is 0 Å². The number of allylic oxidation sites excluding steroid dienone is 1. The van der Waals surface area contributed by atoms with E-state index in [0.29, 0.717) is 6.61 Å². The van der Waals surface area contributed by atoms with E-state index >= 15 is 0 Å². The Kier molecular flexibility index (Phi) is 6.60. The van der Waals surface area contributed by atoms with Crippen LogP contribution in [0.1, 0.15) is 25.8 Å². The minimum Gasteiger partial charge on any atom is -0.392 e. The zero-order valence-electron chi connectivity index (χ0n) is 10.7. The van der Waals surface area contributed by atoms with Gasteiger partial charge < -0.3 is 9.84 Å². The van der Waals surface area contributed by atoms with Crippen molar-refractivity contribution >= 4 is 0 Å². The van der Waals surface area contributed by atoms with Crippen LogP contribution in [0.25, 0.3) is 0 Å². The lowest BCUT2D eigenvalue weighted by Gasteiger charge is -2.19. The van der Waals surface area contributed by atoms with Crippen molar-refractivity contribution in [1.29, 1.82) is 0 Å². The summed E-state index contributed by atoms with van der Waals surface area (Å²) in [5.41, 5.74) is 2.22. The molecule has 1 atom stereocenters. The fourth-order valence-corrected chi connectivity index (χ4v) is 1.89. The topological polar surface area (TPSA) is 29.5 Å². The lowest BCUT2D eigenvalue weighted by molar-refractivity contribution is 0.0796. The van der Waals surface area contributed by atoms with Gasteiger partial charge in [-0.25, -0.2) is 0 Å². The molecule has 0 aliphatic carbocycles. The van der Waals surface area contributed by atoms with Gasteiger partial charge in [0.1, 0.15) is 0 Å². The van der Waals surface area contributed by atoms with Crippen molar-refractivity contribution in [3.05, 3.63) is 47.5 Å². The summed E-state index contributed by atoms with van der Waals surface area (Å²) in [6, 6.07) is 10.2. The van der Waals surface area contributed by atoms with Crippen LogP contribution in [0.5, 0.6) is 0 Å². The van der Waals surface area contributed by atoms with Gasteiger partial charge >= 0.3 is 0 Å². The van der Waals surface area contributed by atoms with Gasteiger partial charge in [-0.15, -0.1) is 0 Å². The third-order valence-corrected chi connectivity index (χ3v) is 2.69. The second-order valence-corrected chi connectivity index (χ2v) is 3.98. The smallest absolute Gasteiger partial charge is 0.0847 e. The van der Waals surface area contributed by atoms with E-state index in [4.69, 9.17) is 4.74 Å². The van der Waals surface area contributed by atoms with Crippen LogP contribution in [-0.4, -0.2) is 24.4 Å². The molecule has 0 radical (unpaired) electrons. The minimum atomic E-state index is -0.00708. The van der Waals surface area contributed by atoms with E-state index in [0.717, 1.165) is 18.4 Å². The molecule has 1 aromatic carbocycles. The van der Waals surface area contributed by atoms with Gasteiger partial charge in [0, 0.05) is 13.0 Å². The molecule has 0 heterocycles. The molecule has 0 saturated carbocycles. The van der Waals surface area contributed by atoms with E-state index in [9.17, 15) is 5.11 Å². The molecular formula is C15H22O2. The first-order valence-electron chi connectivity index (χ1n) is 6.27. The molecule has 1 rings (SSSR count). The van der Waals surface area contributed by atoms with Gasteiger partial charge in [0.15, 0.2) is 0 Å². The monoisotopic (exact) mass is 234 g/mol. The Balaban J connectivity index is 2.75. The van der Waals surface area contributed by atoms with Gasteiger partial charge in [0.05, 0.1) is 12.7 Å². The first-order chi connectivity index (χ1) is 8.31. The second-order valence-electron chi connectivity index (χ2n) is 3.98. The van der Waals surface area contributed by atoms with Crippen LogP contribution in [0.3, 0.4) is 0 Å². The Labute approximate surface area is 104 Å². The number of aliphatic hydroxyl groups excluding tert-OH is 1. The highest BCUT2D eigenvalue weighted by Gasteiger charge is 2.14. The average molecular weight is 234 g/mol. The van der Waals surface area contributed by atoms with Crippen LogP contribution in [0.15, 0.2) is 42.0 Å². The molecule has 0 aliphatic heterocycles. The molecular weight excluding hydrogens is 212 g/mol. The fraction of sp³-hybridized carbons (Fsp3) is 0.467. The number of hydrogen-bond donors (Lipinski definition) is 1. The third-order valence-electron chi connectivity index (χ3n) is 2.69. The van der Waals surface area contributed by atoms with E-state index in [1.54, 1.807) is 0 Å². The quantitative estimate of drug-likeness (QED) is 0.735. The standard InChI is InChI=1S/C15H22O2/c1-3-8-14(12-16)15(17-4-2)11-13-9-6-5-7-10-13/h5-10,15-16H,3-4,11-12H2,1-2H3/b14-8-. The Morgan fingerprint density at radius 3 is 2.53 bits per heavy atom. The van der Waals surface area contributed by atoms with E-state index in [1.165, 1.54) is 5.56 Å². The molecule has 94 valence electrons. The number of rotatable bonds is 7. The minimum absolute atomic E-state index is 0.00708. The lowest BCUT2D eigenvalue weighted by atomic mass is 10.0. The molecule has 0 aliphatic rings. The van der Waals surface area contributed by atoms with Gasteiger partial charge in [0.25, 0.3) is 0 Å². The van der Waals surface area contributed by atoms with Crippen molar-refractivity contribution in [3.8, 4) is 0 Å². The largest absolute Gasteiger partial charge is 0.392 e. The Hall–Kier alpha value is -1.12. The molecule has 1 N–H and O–H groups in total. The highest BCUT2D eigenvalue weighted by Crippen LogP contribution is 2.14. The Bertz CT molecular complexity index is 330. The summed E-state index contributed by atoms with van der Waals surface area (Å²) in [7, 11) is 0. The molecule has 0 aromatic heterocycles. The van der Waals surface area contributed by atoms with E-state index in [-0.39, 0.29) is 12.7 Å². The SMILES string of the molecule is CC/C=C(/CO)C(Cc1ccccc1)OCC. The van der Waals surface area contributed by atoms with Gasteiger partial charge in [-0.05, 0) is 24.5 Å². The van der Waals surface area contributed by atoms with Crippen molar-refractivity contribution in [2.75, 3.05) is 13.2 Å². The zero-order valence-corrected chi connectivity index (χ0v) is 10.7. The second kappa shape index (κ2) is 8.04. The molecule has 17 heavy (non-hydrogen) atoms. The zero-order chi connectivity index (χ0) is 12.5. The Morgan fingerprint density at radius 1 is 1.29 bits per heavy atom. The molecule has 1 aromatic rings. The molecule has 0 bridgehead atoms. The Morgan fingerprint density at radius 2 is 2.00 bits per heavy atom. The summed E-state index contributed by atoms with van der Waals surface area (Å²) in [5.74, 6) is 0. The van der Waals surface area contributed by atoms with Crippen LogP contribution in [0.4, 0.5) is 0 Å². The fourth-order valence-electron chi connectivity index (χ4n) is 1.89. The normalized spacial score (nSPS) is 13.7. The number of ether oxygens (including phenoxy) is 1. The number of benzene rings is 1. The van der Waals surface area contributed by atoms with Crippen molar-refractivity contribution in [3.63, 3.8) is 0 Å². The maximum atomic E-state index is 9.38. The molecule has 2 heteroatoms. The third kappa shape index (κ3) is 4.72. The summed E-state index contributed by atoms with van der Waals surface area (Å²) >= 11 is 0. The van der Waals surface area contributed by atoms with E-state index in [1.807, 2.05) is 25.1 Å². The predicted molar refractivity (Wildman–Crippen MR) is 71.0 cm³/mol. The lowest BCUT2D eigenvalue weighted by Crippen LogP contribution is -2.21. The van der Waals surface area contributed by atoms with E-state index < -0.39 is 0 Å². The summed E-state index contributed by atoms with van der Waals surface area (Å²) in [6.45, 7) is 4.80. The average Bonchev–Trinajstić information content (AvgIpc) is 2.37. The molecule has 0 fully saturated rings. The molecule has 0 spiro atoms. The maximum Gasteiger partial charge on any atom is 0.0847 e. The van der Waals surface area contributed by atoms with Crippen molar-refractivity contribution in [1.82, 2.24) is 0 Å². The van der Waals surface area contributed by atoms with Crippen molar-refractivity contribution < 1.29 is 9.84 Å². The highest BCUT2D eigenvalue weighted by atomic mass is 16.5. The van der Waals surface area contributed by atoms with Gasteiger partial charge in [-0.2, -0.15) is 0 Å². The van der Waals surface area contributed by atoms with Gasteiger partial charge in [0.2, 0.25) is 0 Å². The molecule has 0 saturated heterocycles. The van der Waals surface area contributed by atoms with Crippen LogP contribution in [-0.2, 0) is 11.2 Å². The van der Waals surface area contributed by atoms with Crippen LogP contribution >= 0.6 is 0 Å². The first kappa shape index (κ1) is 13.9. The summed E-state index contributed by atoms with van der Waals surface area (Å²) in [6.07, 6.45) is 3.80. The predicted octanol–water partition coefficient (Wildman–Crippen LogP) is 2.96. The molecule has 2 nitrogen and oxygen atoms in total. The van der Waals surface area contributed by atoms with Crippen LogP contribution < -0.4 is 0 Å². The summed E-state index contributed by atoms with van der Waals surface area (Å²) < 4.78 is 5.72. The van der Waals surface area contributed by atoms with Gasteiger partial charge in [-0.1, -0.05) is 43.3 Å². The van der Waals surface area contributed by atoms with Crippen molar-refractivity contribution in [2.24, 2.45) is 0 Å². The van der Waals surface area contributed by atoms with Crippen molar-refractivity contribution in [2.45, 2.75) is 32.8 Å². The van der Waals surface area contributed by atoms with Gasteiger partial charge in [-0.3, -0.25) is 0 Å². The molecule has 0 amide bonds. The van der Waals surface area contributed by atoms with E-state index in [2.05, 4.69) is 25.1 Å². The number of aliphatic hydroxyl groups is 1. The number of hydrogen-bond acceptors (Lipinski definition) is 2. The molecule has 1 unspecified atom stereocenters. The maximum absolute atomic E-state index is 9.38. The summed E-state index contributed by atoms with van der Waals surface area (Å²) in [4.78, 5) is 0.